The molecule has 0 aromatic rings. The molecule has 1 heteroatoms. The topological polar surface area (TPSA) is 26.0 Å². The Balaban J connectivity index is 3.49. The van der Waals surface area contributed by atoms with Gasteiger partial charge in [0, 0.05) is 6.04 Å². The molecule has 0 fully saturated rings. The molecule has 0 aliphatic rings. The van der Waals surface area contributed by atoms with Crippen molar-refractivity contribution in [2.45, 2.75) is 58.9 Å². The second kappa shape index (κ2) is 6.66. The maximum atomic E-state index is 5.88. The van der Waals surface area contributed by atoms with Crippen LogP contribution in [0, 0.1) is 5.92 Å². The Labute approximate surface area is 71.4 Å². The summed E-state index contributed by atoms with van der Waals surface area (Å²) in [6.45, 7) is 6.69. The molecule has 2 atom stereocenters. The van der Waals surface area contributed by atoms with E-state index in [1.807, 2.05) is 0 Å². The summed E-state index contributed by atoms with van der Waals surface area (Å²) in [6.07, 6.45) is 6.29. The molecule has 0 aromatic heterocycles. The molecule has 2 unspecified atom stereocenters. The highest BCUT2D eigenvalue weighted by atomic mass is 14.6. The molecule has 0 rings (SSSR count). The largest absolute Gasteiger partial charge is 0.328 e. The zero-order valence-electron chi connectivity index (χ0n) is 8.27. The van der Waals surface area contributed by atoms with Crippen LogP contribution in [0.25, 0.3) is 0 Å². The second-order valence-electron chi connectivity index (χ2n) is 3.47. The zero-order valence-corrected chi connectivity index (χ0v) is 8.27. The van der Waals surface area contributed by atoms with Gasteiger partial charge in [-0.05, 0) is 18.8 Å². The Bertz CT molecular complexity index is 80.9. The average Bonchev–Trinajstić information content (AvgIpc) is 2.03. The van der Waals surface area contributed by atoms with Crippen LogP contribution in [0.2, 0.25) is 0 Å². The molecule has 0 radical (unpaired) electrons. The maximum absolute atomic E-state index is 5.88. The van der Waals surface area contributed by atoms with Gasteiger partial charge in [0.2, 0.25) is 0 Å². The number of nitrogens with two attached hydrogens (primary N) is 1. The maximum Gasteiger partial charge on any atom is 0.00388 e. The van der Waals surface area contributed by atoms with Crippen LogP contribution in [0.4, 0.5) is 0 Å². The molecule has 0 aliphatic carbocycles. The Hall–Kier alpha value is -0.0400. The van der Waals surface area contributed by atoms with Crippen LogP contribution in [0.5, 0.6) is 0 Å². The SMILES string of the molecule is CCCC(CC)CC(N)CC. The first-order chi connectivity index (χ1) is 5.24. The van der Waals surface area contributed by atoms with E-state index < -0.39 is 0 Å². The summed E-state index contributed by atoms with van der Waals surface area (Å²) in [5.41, 5.74) is 5.88. The number of rotatable bonds is 6. The van der Waals surface area contributed by atoms with Gasteiger partial charge in [-0.2, -0.15) is 0 Å². The lowest BCUT2D eigenvalue weighted by Gasteiger charge is -2.17. The number of hydrogen-bond acceptors (Lipinski definition) is 1. The quantitative estimate of drug-likeness (QED) is 0.630. The third-order valence-corrected chi connectivity index (χ3v) is 2.43. The van der Waals surface area contributed by atoms with Crippen molar-refractivity contribution in [2.24, 2.45) is 11.7 Å². The van der Waals surface area contributed by atoms with Crippen molar-refractivity contribution in [1.29, 1.82) is 0 Å². The van der Waals surface area contributed by atoms with Gasteiger partial charge < -0.3 is 5.73 Å². The second-order valence-corrected chi connectivity index (χ2v) is 3.47. The van der Waals surface area contributed by atoms with Crippen molar-refractivity contribution in [3.8, 4) is 0 Å². The average molecular weight is 157 g/mol. The van der Waals surface area contributed by atoms with Crippen LogP contribution < -0.4 is 5.73 Å². The van der Waals surface area contributed by atoms with E-state index in [0.29, 0.717) is 6.04 Å². The van der Waals surface area contributed by atoms with Crippen molar-refractivity contribution in [1.82, 2.24) is 0 Å². The highest BCUT2D eigenvalue weighted by Crippen LogP contribution is 2.17. The first kappa shape index (κ1) is 11.0. The smallest absolute Gasteiger partial charge is 0.00388 e. The minimum absolute atomic E-state index is 0.437. The fraction of sp³-hybridized carbons (Fsp3) is 1.00. The van der Waals surface area contributed by atoms with Crippen LogP contribution in [-0.2, 0) is 0 Å². The highest BCUT2D eigenvalue weighted by molar-refractivity contribution is 4.65. The predicted molar refractivity (Wildman–Crippen MR) is 51.6 cm³/mol. The summed E-state index contributed by atoms with van der Waals surface area (Å²) < 4.78 is 0. The van der Waals surface area contributed by atoms with Gasteiger partial charge in [0.15, 0.2) is 0 Å². The van der Waals surface area contributed by atoms with Gasteiger partial charge in [0.1, 0.15) is 0 Å². The van der Waals surface area contributed by atoms with E-state index in [2.05, 4.69) is 20.8 Å². The summed E-state index contributed by atoms with van der Waals surface area (Å²) in [4.78, 5) is 0. The zero-order chi connectivity index (χ0) is 8.69. The standard InChI is InChI=1S/C10H23N/c1-4-7-9(5-2)8-10(11)6-3/h9-10H,4-8,11H2,1-3H3. The predicted octanol–water partition coefficient (Wildman–Crippen LogP) is 2.94. The van der Waals surface area contributed by atoms with E-state index in [0.717, 1.165) is 12.3 Å². The third-order valence-electron chi connectivity index (χ3n) is 2.43. The molecule has 0 amide bonds. The van der Waals surface area contributed by atoms with E-state index in [1.54, 1.807) is 0 Å². The van der Waals surface area contributed by atoms with Gasteiger partial charge >= 0.3 is 0 Å². The molecular weight excluding hydrogens is 134 g/mol. The highest BCUT2D eigenvalue weighted by Gasteiger charge is 2.08. The van der Waals surface area contributed by atoms with Gasteiger partial charge in [0.05, 0.1) is 0 Å². The van der Waals surface area contributed by atoms with Gasteiger partial charge in [-0.3, -0.25) is 0 Å². The van der Waals surface area contributed by atoms with Crippen LogP contribution >= 0.6 is 0 Å². The molecule has 2 N–H and O–H groups in total. The summed E-state index contributed by atoms with van der Waals surface area (Å²) in [7, 11) is 0. The fourth-order valence-electron chi connectivity index (χ4n) is 1.49. The summed E-state index contributed by atoms with van der Waals surface area (Å²) in [5.74, 6) is 0.870. The Kier molecular flexibility index (Phi) is 6.63. The molecule has 0 aliphatic heterocycles. The minimum Gasteiger partial charge on any atom is -0.328 e. The number of hydrogen-bond donors (Lipinski definition) is 1. The van der Waals surface area contributed by atoms with E-state index in [4.69, 9.17) is 5.73 Å². The van der Waals surface area contributed by atoms with Gasteiger partial charge in [0.25, 0.3) is 0 Å². The third kappa shape index (κ3) is 5.25. The first-order valence-electron chi connectivity index (χ1n) is 5.00. The minimum atomic E-state index is 0.437. The molecule has 0 spiro atoms. The lowest BCUT2D eigenvalue weighted by molar-refractivity contribution is 0.387. The fourth-order valence-corrected chi connectivity index (χ4v) is 1.49. The molecule has 1 nitrogen and oxygen atoms in total. The monoisotopic (exact) mass is 157 g/mol. The van der Waals surface area contributed by atoms with Crippen LogP contribution in [0.15, 0.2) is 0 Å². The van der Waals surface area contributed by atoms with E-state index in [-0.39, 0.29) is 0 Å². The van der Waals surface area contributed by atoms with E-state index in [1.165, 1.54) is 25.7 Å². The molecule has 0 aromatic carbocycles. The summed E-state index contributed by atoms with van der Waals surface area (Å²) >= 11 is 0. The normalized spacial score (nSPS) is 16.4. The van der Waals surface area contributed by atoms with Crippen molar-refractivity contribution in [2.75, 3.05) is 0 Å². The summed E-state index contributed by atoms with van der Waals surface area (Å²) in [5, 5.41) is 0. The van der Waals surface area contributed by atoms with Crippen LogP contribution in [0.1, 0.15) is 52.9 Å². The Morgan fingerprint density at radius 1 is 1.09 bits per heavy atom. The Morgan fingerprint density at radius 3 is 2.09 bits per heavy atom. The van der Waals surface area contributed by atoms with Gasteiger partial charge in [-0.25, -0.2) is 0 Å². The lowest BCUT2D eigenvalue weighted by atomic mass is 9.92. The Morgan fingerprint density at radius 2 is 1.73 bits per heavy atom. The molecule has 11 heavy (non-hydrogen) atoms. The molecule has 0 bridgehead atoms. The molecule has 0 saturated carbocycles. The summed E-state index contributed by atoms with van der Waals surface area (Å²) in [6, 6.07) is 0.437. The van der Waals surface area contributed by atoms with Crippen LogP contribution in [-0.4, -0.2) is 6.04 Å². The van der Waals surface area contributed by atoms with Crippen molar-refractivity contribution >= 4 is 0 Å². The molecular formula is C10H23N. The lowest BCUT2D eigenvalue weighted by Crippen LogP contribution is -2.22. The van der Waals surface area contributed by atoms with E-state index >= 15 is 0 Å². The van der Waals surface area contributed by atoms with Crippen molar-refractivity contribution in [3.63, 3.8) is 0 Å². The van der Waals surface area contributed by atoms with Crippen molar-refractivity contribution < 1.29 is 0 Å². The molecule has 0 heterocycles. The van der Waals surface area contributed by atoms with Crippen molar-refractivity contribution in [3.05, 3.63) is 0 Å². The van der Waals surface area contributed by atoms with Gasteiger partial charge in [-0.1, -0.05) is 40.0 Å². The van der Waals surface area contributed by atoms with Gasteiger partial charge in [-0.15, -0.1) is 0 Å². The first-order valence-corrected chi connectivity index (χ1v) is 5.00. The molecule has 0 saturated heterocycles. The van der Waals surface area contributed by atoms with E-state index in [9.17, 15) is 0 Å². The van der Waals surface area contributed by atoms with Crippen LogP contribution in [0.3, 0.4) is 0 Å². The molecule has 68 valence electrons.